The van der Waals surface area contributed by atoms with E-state index < -0.39 is 0 Å². The molecule has 0 fully saturated rings. The summed E-state index contributed by atoms with van der Waals surface area (Å²) >= 11 is 0. The summed E-state index contributed by atoms with van der Waals surface area (Å²) in [6.45, 7) is 0.745. The molecule has 4 nitrogen and oxygen atoms in total. The Kier molecular flexibility index (Phi) is 2.55. The van der Waals surface area contributed by atoms with E-state index in [1.54, 1.807) is 4.57 Å². The Labute approximate surface area is 99.3 Å². The highest BCUT2D eigenvalue weighted by Crippen LogP contribution is 2.26. The second-order valence-electron chi connectivity index (χ2n) is 4.56. The molecule has 1 atom stereocenters. The molecule has 88 valence electrons. The molecule has 1 aromatic carbocycles. The van der Waals surface area contributed by atoms with Crippen LogP contribution in [-0.4, -0.2) is 14.8 Å². The van der Waals surface area contributed by atoms with Gasteiger partial charge in [0.15, 0.2) is 0 Å². The first-order valence-corrected chi connectivity index (χ1v) is 6.03. The van der Waals surface area contributed by atoms with Crippen LogP contribution in [0.4, 0.5) is 0 Å². The number of aromatic amines is 1. The SMILES string of the molecule is O=c1[nH]nc2n1CC(c1ccccc1)CCC2. The maximum atomic E-state index is 11.6. The highest BCUT2D eigenvalue weighted by molar-refractivity contribution is 5.20. The van der Waals surface area contributed by atoms with Gasteiger partial charge in [-0.15, -0.1) is 0 Å². The lowest BCUT2D eigenvalue weighted by Gasteiger charge is -2.14. The molecule has 0 radical (unpaired) electrons. The van der Waals surface area contributed by atoms with Crippen molar-refractivity contribution in [3.05, 3.63) is 52.2 Å². The predicted octanol–water partition coefficient (Wildman–Crippen LogP) is 1.69. The average molecular weight is 229 g/mol. The molecule has 0 saturated carbocycles. The molecule has 4 heteroatoms. The molecule has 0 saturated heterocycles. The topological polar surface area (TPSA) is 50.7 Å². The summed E-state index contributed by atoms with van der Waals surface area (Å²) in [6.07, 6.45) is 3.10. The van der Waals surface area contributed by atoms with Crippen LogP contribution in [0.15, 0.2) is 35.1 Å². The number of aryl methyl sites for hydroxylation is 1. The van der Waals surface area contributed by atoms with Gasteiger partial charge in [-0.25, -0.2) is 9.89 Å². The third kappa shape index (κ3) is 1.90. The number of hydrogen-bond acceptors (Lipinski definition) is 2. The molecule has 1 N–H and O–H groups in total. The summed E-state index contributed by atoms with van der Waals surface area (Å²) in [7, 11) is 0. The zero-order valence-corrected chi connectivity index (χ0v) is 9.60. The van der Waals surface area contributed by atoms with Gasteiger partial charge in [-0.3, -0.25) is 4.57 Å². The second kappa shape index (κ2) is 4.20. The van der Waals surface area contributed by atoms with E-state index >= 15 is 0 Å². The van der Waals surface area contributed by atoms with E-state index in [9.17, 15) is 4.79 Å². The average Bonchev–Trinajstić information content (AvgIpc) is 2.61. The van der Waals surface area contributed by atoms with Gasteiger partial charge in [0, 0.05) is 18.9 Å². The summed E-state index contributed by atoms with van der Waals surface area (Å²) < 4.78 is 1.78. The predicted molar refractivity (Wildman–Crippen MR) is 65.0 cm³/mol. The Balaban J connectivity index is 1.95. The van der Waals surface area contributed by atoms with Crippen LogP contribution in [0.5, 0.6) is 0 Å². The number of benzene rings is 1. The normalized spacial score (nSPS) is 19.6. The number of nitrogens with one attached hydrogen (secondary N) is 1. The summed E-state index contributed by atoms with van der Waals surface area (Å²) in [5.74, 6) is 1.32. The summed E-state index contributed by atoms with van der Waals surface area (Å²) in [6, 6.07) is 10.4. The summed E-state index contributed by atoms with van der Waals surface area (Å²) in [5.41, 5.74) is 1.23. The quantitative estimate of drug-likeness (QED) is 0.809. The lowest BCUT2D eigenvalue weighted by Crippen LogP contribution is -2.21. The van der Waals surface area contributed by atoms with Crippen molar-refractivity contribution in [3.63, 3.8) is 0 Å². The Morgan fingerprint density at radius 2 is 2.12 bits per heavy atom. The molecule has 0 amide bonds. The smallest absolute Gasteiger partial charge is 0.278 e. The van der Waals surface area contributed by atoms with E-state index in [1.807, 2.05) is 6.07 Å². The number of fused-ring (bicyclic) bond motifs is 1. The fraction of sp³-hybridized carbons (Fsp3) is 0.385. The van der Waals surface area contributed by atoms with Gasteiger partial charge in [-0.05, 0) is 18.4 Å². The van der Waals surface area contributed by atoms with Crippen LogP contribution in [-0.2, 0) is 13.0 Å². The Morgan fingerprint density at radius 1 is 1.29 bits per heavy atom. The van der Waals surface area contributed by atoms with Crippen LogP contribution in [0.3, 0.4) is 0 Å². The molecule has 1 unspecified atom stereocenters. The minimum Gasteiger partial charge on any atom is -0.278 e. The minimum atomic E-state index is -0.0807. The first kappa shape index (κ1) is 10.3. The van der Waals surface area contributed by atoms with Crippen molar-refractivity contribution in [3.8, 4) is 0 Å². The molecule has 2 aromatic rings. The van der Waals surface area contributed by atoms with Crippen molar-refractivity contribution in [2.45, 2.75) is 31.7 Å². The van der Waals surface area contributed by atoms with Crippen LogP contribution in [0.2, 0.25) is 0 Å². The van der Waals surface area contributed by atoms with Crippen molar-refractivity contribution in [2.24, 2.45) is 0 Å². The lowest BCUT2D eigenvalue weighted by molar-refractivity contribution is 0.533. The number of H-pyrrole nitrogens is 1. The molecule has 1 aliphatic heterocycles. The third-order valence-corrected chi connectivity index (χ3v) is 3.46. The molecule has 0 spiro atoms. The van der Waals surface area contributed by atoms with Gasteiger partial charge >= 0.3 is 5.69 Å². The van der Waals surface area contributed by atoms with E-state index in [1.165, 1.54) is 5.56 Å². The molecular formula is C13H15N3O. The van der Waals surface area contributed by atoms with Gasteiger partial charge in [0.2, 0.25) is 0 Å². The van der Waals surface area contributed by atoms with Crippen molar-refractivity contribution >= 4 is 0 Å². The molecule has 1 aromatic heterocycles. The highest BCUT2D eigenvalue weighted by atomic mass is 16.1. The van der Waals surface area contributed by atoms with Crippen molar-refractivity contribution in [2.75, 3.05) is 0 Å². The van der Waals surface area contributed by atoms with E-state index in [4.69, 9.17) is 0 Å². The largest absolute Gasteiger partial charge is 0.343 e. The fourth-order valence-electron chi connectivity index (χ4n) is 2.54. The minimum absolute atomic E-state index is 0.0807. The molecule has 17 heavy (non-hydrogen) atoms. The van der Waals surface area contributed by atoms with Gasteiger partial charge in [0.25, 0.3) is 0 Å². The zero-order chi connectivity index (χ0) is 11.7. The summed E-state index contributed by atoms with van der Waals surface area (Å²) in [4.78, 5) is 11.6. The van der Waals surface area contributed by atoms with E-state index in [0.29, 0.717) is 5.92 Å². The van der Waals surface area contributed by atoms with Crippen LogP contribution >= 0.6 is 0 Å². The van der Waals surface area contributed by atoms with E-state index in [-0.39, 0.29) is 5.69 Å². The fourth-order valence-corrected chi connectivity index (χ4v) is 2.54. The van der Waals surface area contributed by atoms with Gasteiger partial charge in [-0.2, -0.15) is 5.10 Å². The highest BCUT2D eigenvalue weighted by Gasteiger charge is 2.20. The maximum Gasteiger partial charge on any atom is 0.343 e. The van der Waals surface area contributed by atoms with Gasteiger partial charge < -0.3 is 0 Å². The number of hydrogen-bond donors (Lipinski definition) is 1. The van der Waals surface area contributed by atoms with E-state index in [2.05, 4.69) is 34.5 Å². The standard InChI is InChI=1S/C13H15N3O/c17-13-15-14-12-8-4-7-11(9-16(12)13)10-5-2-1-3-6-10/h1-3,5-6,11H,4,7-9H2,(H,15,17). The lowest BCUT2D eigenvalue weighted by atomic mass is 9.94. The van der Waals surface area contributed by atoms with Crippen LogP contribution in [0.25, 0.3) is 0 Å². The number of nitrogens with zero attached hydrogens (tertiary/aromatic N) is 2. The Morgan fingerprint density at radius 3 is 2.94 bits per heavy atom. The maximum absolute atomic E-state index is 11.6. The van der Waals surface area contributed by atoms with Crippen LogP contribution < -0.4 is 5.69 Å². The molecule has 2 heterocycles. The first-order valence-electron chi connectivity index (χ1n) is 6.03. The van der Waals surface area contributed by atoms with E-state index in [0.717, 1.165) is 31.6 Å². The second-order valence-corrected chi connectivity index (χ2v) is 4.56. The molecule has 0 aliphatic carbocycles. The Bertz CT molecular complexity index is 556. The summed E-state index contributed by atoms with van der Waals surface area (Å²) in [5, 5.41) is 6.61. The number of rotatable bonds is 1. The molecular weight excluding hydrogens is 214 g/mol. The first-order chi connectivity index (χ1) is 8.34. The molecule has 1 aliphatic rings. The third-order valence-electron chi connectivity index (χ3n) is 3.46. The van der Waals surface area contributed by atoms with Crippen molar-refractivity contribution in [1.29, 1.82) is 0 Å². The van der Waals surface area contributed by atoms with Gasteiger partial charge in [-0.1, -0.05) is 30.3 Å². The van der Waals surface area contributed by atoms with Crippen LogP contribution in [0.1, 0.15) is 30.1 Å². The van der Waals surface area contributed by atoms with Gasteiger partial charge in [0.05, 0.1) is 0 Å². The van der Waals surface area contributed by atoms with Gasteiger partial charge in [0.1, 0.15) is 5.82 Å². The Hall–Kier alpha value is -1.84. The van der Waals surface area contributed by atoms with Crippen molar-refractivity contribution < 1.29 is 0 Å². The zero-order valence-electron chi connectivity index (χ0n) is 9.60. The monoisotopic (exact) mass is 229 g/mol. The number of aromatic nitrogens is 3. The van der Waals surface area contributed by atoms with Crippen LogP contribution in [0, 0.1) is 0 Å². The molecule has 0 bridgehead atoms. The molecule has 3 rings (SSSR count). The van der Waals surface area contributed by atoms with Crippen molar-refractivity contribution in [1.82, 2.24) is 14.8 Å².